The lowest BCUT2D eigenvalue weighted by Crippen LogP contribution is -2.08. The van der Waals surface area contributed by atoms with E-state index in [4.69, 9.17) is 39.5 Å². The molecular weight excluding hydrogens is 280 g/mol. The lowest BCUT2D eigenvalue weighted by molar-refractivity contribution is 0.131. The van der Waals surface area contributed by atoms with Gasteiger partial charge >= 0.3 is 0 Å². The van der Waals surface area contributed by atoms with Gasteiger partial charge in [0.05, 0.1) is 13.2 Å². The van der Waals surface area contributed by atoms with Gasteiger partial charge in [0, 0.05) is 23.7 Å². The number of rotatable bonds is 7. The summed E-state index contributed by atoms with van der Waals surface area (Å²) in [5, 5.41) is 3.26. The summed E-state index contributed by atoms with van der Waals surface area (Å²) in [7, 11) is 0. The molecule has 1 N–H and O–H groups in total. The minimum absolute atomic E-state index is 0.325. The van der Waals surface area contributed by atoms with Gasteiger partial charge in [0.1, 0.15) is 4.84 Å². The molecule has 0 aliphatic heterocycles. The summed E-state index contributed by atoms with van der Waals surface area (Å²) < 4.78 is 5.40. The quantitative estimate of drug-likeness (QED) is 0.769. The maximum Gasteiger partial charge on any atom is 0.131 e. The Hall–Kier alpha value is -0.150. The molecule has 17 heavy (non-hydrogen) atoms. The summed E-state index contributed by atoms with van der Waals surface area (Å²) in [6.45, 7) is 3.59. The molecule has 0 bridgehead atoms. The second-order valence-electron chi connectivity index (χ2n) is 3.68. The van der Waals surface area contributed by atoms with Gasteiger partial charge in [-0.25, -0.2) is 0 Å². The van der Waals surface area contributed by atoms with Gasteiger partial charge in [-0.15, -0.1) is 34.8 Å². The average Bonchev–Trinajstić information content (AvgIpc) is 2.28. The first-order chi connectivity index (χ1) is 8.13. The SMILES string of the molecule is Cc1ccc(COCC(Cl)Cl)c(NCCCl)c1. The predicted octanol–water partition coefficient (Wildman–Crippen LogP) is 3.97. The average molecular weight is 297 g/mol. The Labute approximate surface area is 117 Å². The molecule has 0 heterocycles. The van der Waals surface area contributed by atoms with E-state index < -0.39 is 4.84 Å². The highest BCUT2D eigenvalue weighted by Crippen LogP contribution is 2.19. The van der Waals surface area contributed by atoms with Crippen LogP contribution in [-0.4, -0.2) is 23.9 Å². The zero-order valence-electron chi connectivity index (χ0n) is 9.68. The highest BCUT2D eigenvalue weighted by Gasteiger charge is 2.04. The van der Waals surface area contributed by atoms with Crippen LogP contribution in [-0.2, 0) is 11.3 Å². The van der Waals surface area contributed by atoms with E-state index >= 15 is 0 Å². The van der Waals surface area contributed by atoms with Crippen molar-refractivity contribution in [3.63, 3.8) is 0 Å². The summed E-state index contributed by atoms with van der Waals surface area (Å²) in [4.78, 5) is -0.486. The van der Waals surface area contributed by atoms with Gasteiger partial charge in [-0.2, -0.15) is 0 Å². The zero-order valence-corrected chi connectivity index (χ0v) is 11.9. The van der Waals surface area contributed by atoms with Gasteiger partial charge < -0.3 is 10.1 Å². The lowest BCUT2D eigenvalue weighted by atomic mass is 10.1. The van der Waals surface area contributed by atoms with Gasteiger partial charge in [0.2, 0.25) is 0 Å². The van der Waals surface area contributed by atoms with Crippen molar-refractivity contribution in [1.82, 2.24) is 0 Å². The van der Waals surface area contributed by atoms with Gasteiger partial charge in [-0.1, -0.05) is 12.1 Å². The van der Waals surface area contributed by atoms with Gasteiger partial charge in [0.15, 0.2) is 0 Å². The Morgan fingerprint density at radius 1 is 1.35 bits per heavy atom. The fraction of sp³-hybridized carbons (Fsp3) is 0.500. The molecule has 5 heteroatoms. The molecule has 2 nitrogen and oxygen atoms in total. The molecule has 96 valence electrons. The number of benzene rings is 1. The largest absolute Gasteiger partial charge is 0.384 e. The molecule has 0 aromatic heterocycles. The first-order valence-electron chi connectivity index (χ1n) is 5.38. The molecule has 0 aliphatic carbocycles. The van der Waals surface area contributed by atoms with Crippen molar-refractivity contribution < 1.29 is 4.74 Å². The Bertz CT molecular complexity index is 345. The van der Waals surface area contributed by atoms with E-state index in [9.17, 15) is 0 Å². The van der Waals surface area contributed by atoms with Crippen LogP contribution < -0.4 is 5.32 Å². The normalized spacial score (nSPS) is 10.9. The molecule has 1 aromatic carbocycles. The Morgan fingerprint density at radius 2 is 2.12 bits per heavy atom. The maximum atomic E-state index is 5.66. The van der Waals surface area contributed by atoms with Gasteiger partial charge in [-0.3, -0.25) is 0 Å². The number of nitrogens with one attached hydrogen (secondary N) is 1. The van der Waals surface area contributed by atoms with E-state index in [2.05, 4.69) is 11.4 Å². The molecule has 0 fully saturated rings. The molecule has 1 aromatic rings. The van der Waals surface area contributed by atoms with Crippen LogP contribution in [0.25, 0.3) is 0 Å². The van der Waals surface area contributed by atoms with Crippen LogP contribution in [0.2, 0.25) is 0 Å². The molecule has 0 radical (unpaired) electrons. The van der Waals surface area contributed by atoms with Crippen molar-refractivity contribution in [3.05, 3.63) is 29.3 Å². The highest BCUT2D eigenvalue weighted by molar-refractivity contribution is 6.44. The highest BCUT2D eigenvalue weighted by atomic mass is 35.5. The van der Waals surface area contributed by atoms with E-state index in [1.54, 1.807) is 0 Å². The van der Waals surface area contributed by atoms with Crippen LogP contribution in [0.4, 0.5) is 5.69 Å². The fourth-order valence-electron chi connectivity index (χ4n) is 1.42. The van der Waals surface area contributed by atoms with E-state index in [1.807, 2.05) is 19.1 Å². The lowest BCUT2D eigenvalue weighted by Gasteiger charge is -2.13. The smallest absolute Gasteiger partial charge is 0.131 e. The van der Waals surface area contributed by atoms with E-state index in [1.165, 1.54) is 5.56 Å². The summed E-state index contributed by atoms with van der Waals surface area (Å²) in [6, 6.07) is 6.15. The molecule has 0 saturated carbocycles. The van der Waals surface area contributed by atoms with Crippen molar-refractivity contribution in [1.29, 1.82) is 0 Å². The molecule has 0 aliphatic rings. The summed E-state index contributed by atoms with van der Waals surface area (Å²) in [6.07, 6.45) is 0. The van der Waals surface area contributed by atoms with E-state index in [0.717, 1.165) is 17.8 Å². The van der Waals surface area contributed by atoms with Crippen LogP contribution in [0.1, 0.15) is 11.1 Å². The Balaban J connectivity index is 2.62. The Morgan fingerprint density at radius 3 is 2.76 bits per heavy atom. The van der Waals surface area contributed by atoms with Gasteiger partial charge in [-0.05, 0) is 18.6 Å². The summed E-state index contributed by atoms with van der Waals surface area (Å²) in [5.41, 5.74) is 3.32. The van der Waals surface area contributed by atoms with E-state index in [0.29, 0.717) is 19.1 Å². The molecule has 0 spiro atoms. The van der Waals surface area contributed by atoms with Crippen LogP contribution in [0.5, 0.6) is 0 Å². The number of alkyl halides is 3. The number of anilines is 1. The topological polar surface area (TPSA) is 21.3 Å². The fourth-order valence-corrected chi connectivity index (χ4v) is 1.69. The third-order valence-electron chi connectivity index (χ3n) is 2.18. The van der Waals surface area contributed by atoms with Crippen LogP contribution in [0.3, 0.4) is 0 Å². The first kappa shape index (κ1) is 14.9. The predicted molar refractivity (Wildman–Crippen MR) is 75.5 cm³/mol. The molecule has 0 saturated heterocycles. The van der Waals surface area contributed by atoms with Crippen molar-refractivity contribution in [2.75, 3.05) is 24.3 Å². The second-order valence-corrected chi connectivity index (χ2v) is 5.34. The van der Waals surface area contributed by atoms with Crippen molar-refractivity contribution in [3.8, 4) is 0 Å². The molecule has 0 atom stereocenters. The molecule has 1 rings (SSSR count). The van der Waals surface area contributed by atoms with Crippen molar-refractivity contribution in [2.24, 2.45) is 0 Å². The third kappa shape index (κ3) is 5.82. The monoisotopic (exact) mass is 295 g/mol. The van der Waals surface area contributed by atoms with Crippen molar-refractivity contribution in [2.45, 2.75) is 18.4 Å². The van der Waals surface area contributed by atoms with Gasteiger partial charge in [0.25, 0.3) is 0 Å². The number of hydrogen-bond acceptors (Lipinski definition) is 2. The third-order valence-corrected chi connectivity index (χ3v) is 2.62. The second kappa shape index (κ2) is 8.04. The molecule has 0 unspecified atom stereocenters. The maximum absolute atomic E-state index is 5.66. The minimum atomic E-state index is -0.486. The minimum Gasteiger partial charge on any atom is -0.384 e. The first-order valence-corrected chi connectivity index (χ1v) is 6.79. The van der Waals surface area contributed by atoms with E-state index in [-0.39, 0.29) is 0 Å². The number of hydrogen-bond donors (Lipinski definition) is 1. The van der Waals surface area contributed by atoms with Crippen LogP contribution in [0, 0.1) is 6.92 Å². The summed E-state index contributed by atoms with van der Waals surface area (Å²) in [5.74, 6) is 0.569. The van der Waals surface area contributed by atoms with Crippen LogP contribution >= 0.6 is 34.8 Å². The molecular formula is C12H16Cl3NO. The number of halogens is 3. The Kier molecular flexibility index (Phi) is 7.05. The van der Waals surface area contributed by atoms with Crippen molar-refractivity contribution >= 4 is 40.5 Å². The van der Waals surface area contributed by atoms with Crippen LogP contribution in [0.15, 0.2) is 18.2 Å². The summed E-state index contributed by atoms with van der Waals surface area (Å²) >= 11 is 16.9. The zero-order chi connectivity index (χ0) is 12.7. The number of ether oxygens (including phenoxy) is 1. The molecule has 0 amide bonds. The number of aryl methyl sites for hydroxylation is 1. The standard InChI is InChI=1S/C12H16Cl3NO/c1-9-2-3-10(7-17-8-12(14)15)11(6-9)16-5-4-13/h2-3,6,12,16H,4-5,7-8H2,1H3.